The summed E-state index contributed by atoms with van der Waals surface area (Å²) < 4.78 is 19.7. The van der Waals surface area contributed by atoms with Crippen molar-refractivity contribution in [2.45, 2.75) is 57.1 Å². The van der Waals surface area contributed by atoms with E-state index in [1.165, 1.54) is 4.90 Å². The Hall–Kier alpha value is -3.86. The van der Waals surface area contributed by atoms with Gasteiger partial charge in [0.05, 0.1) is 17.5 Å². The van der Waals surface area contributed by atoms with E-state index in [2.05, 4.69) is 45.0 Å². The van der Waals surface area contributed by atoms with Gasteiger partial charge in [0.1, 0.15) is 24.2 Å². The molecule has 0 spiro atoms. The summed E-state index contributed by atoms with van der Waals surface area (Å²) in [7, 11) is -3.00. The first-order valence-electron chi connectivity index (χ1n) is 16.4. The molecule has 3 fully saturated rings. The molecule has 1 aromatic heterocycles. The van der Waals surface area contributed by atoms with Gasteiger partial charge in [0.25, 0.3) is 8.32 Å². The lowest BCUT2D eigenvalue weighted by molar-refractivity contribution is -0.274. The third kappa shape index (κ3) is 5.12. The number of carbonyl (C=O) groups is 2. The van der Waals surface area contributed by atoms with E-state index in [0.717, 1.165) is 10.4 Å². The second-order valence-electron chi connectivity index (χ2n) is 14.0. The molecule has 3 heterocycles. The molecule has 2 amide bonds. The molecule has 0 bridgehead atoms. The average Bonchev–Trinajstić information content (AvgIpc) is 3.76. The molecule has 244 valence electrons. The number of amides is 2. The van der Waals surface area contributed by atoms with Crippen molar-refractivity contribution in [2.24, 2.45) is 23.7 Å². The number of imide groups is 1. The van der Waals surface area contributed by atoms with E-state index in [1.807, 2.05) is 42.5 Å². The monoisotopic (exact) mass is 651 g/mol. The van der Waals surface area contributed by atoms with Gasteiger partial charge in [0.15, 0.2) is 5.79 Å². The number of fused-ring (bicyclic) bond motifs is 3. The number of furan rings is 1. The molecule has 2 saturated heterocycles. The molecule has 7 rings (SSSR count). The third-order valence-electron chi connectivity index (χ3n) is 10.5. The number of ether oxygens (including phenoxy) is 1. The molecule has 2 N–H and O–H groups in total. The fraction of sp³-hybridized carbons (Fsp3) is 0.368. The zero-order chi connectivity index (χ0) is 33.0. The molecule has 2 aliphatic heterocycles. The van der Waals surface area contributed by atoms with E-state index < -0.39 is 43.9 Å². The van der Waals surface area contributed by atoms with Gasteiger partial charge in [-0.15, -0.1) is 0 Å². The Morgan fingerprint density at radius 1 is 0.851 bits per heavy atom. The number of para-hydroxylation sites is 1. The lowest BCUT2D eigenvalue weighted by Gasteiger charge is -2.48. The molecule has 9 heteroatoms. The zero-order valence-corrected chi connectivity index (χ0v) is 27.9. The van der Waals surface area contributed by atoms with Crippen LogP contribution in [0.2, 0.25) is 5.04 Å². The van der Waals surface area contributed by atoms with Gasteiger partial charge in [-0.05, 0) is 52.5 Å². The van der Waals surface area contributed by atoms with Crippen molar-refractivity contribution in [1.29, 1.82) is 0 Å². The Bertz CT molecular complexity index is 1700. The second-order valence-corrected chi connectivity index (χ2v) is 18.4. The predicted molar refractivity (Wildman–Crippen MR) is 179 cm³/mol. The van der Waals surface area contributed by atoms with Crippen molar-refractivity contribution in [1.82, 2.24) is 0 Å². The molecule has 0 unspecified atom stereocenters. The highest BCUT2D eigenvalue weighted by Gasteiger charge is 2.67. The van der Waals surface area contributed by atoms with Gasteiger partial charge in [0, 0.05) is 18.4 Å². The van der Waals surface area contributed by atoms with Gasteiger partial charge < -0.3 is 23.8 Å². The highest BCUT2D eigenvalue weighted by Crippen LogP contribution is 2.59. The number of hydrogen-bond donors (Lipinski definition) is 2. The zero-order valence-electron chi connectivity index (χ0n) is 26.9. The Morgan fingerprint density at radius 3 is 2.00 bits per heavy atom. The van der Waals surface area contributed by atoms with E-state index in [9.17, 15) is 19.8 Å². The number of hydrogen-bond acceptors (Lipinski definition) is 7. The molecule has 3 aromatic carbocycles. The maximum atomic E-state index is 14.1. The summed E-state index contributed by atoms with van der Waals surface area (Å²) in [5, 5.41) is 24.2. The first-order valence-corrected chi connectivity index (χ1v) is 18.3. The Morgan fingerprint density at radius 2 is 1.45 bits per heavy atom. The Labute approximate surface area is 276 Å². The SMILES string of the molecule is CC(C)(C)[Si](OC[C@H]1C[C@@H]2C(=O)N(c3ccccc3)C(=O)[C@@H]2[C@@H]2C[C@@H](c3ccc(CO)o3)O[C@]12O)(c1ccccc1)c1ccccc1. The fourth-order valence-electron chi connectivity index (χ4n) is 8.32. The molecular formula is C38H41NO7Si. The third-order valence-corrected chi connectivity index (χ3v) is 15.5. The van der Waals surface area contributed by atoms with Gasteiger partial charge in [-0.25, -0.2) is 0 Å². The lowest BCUT2D eigenvalue weighted by atomic mass is 9.64. The Kier molecular flexibility index (Phi) is 8.09. The van der Waals surface area contributed by atoms with Gasteiger partial charge in [0.2, 0.25) is 11.8 Å². The predicted octanol–water partition coefficient (Wildman–Crippen LogP) is 4.94. The molecule has 4 aromatic rings. The van der Waals surface area contributed by atoms with Crippen LogP contribution in [0, 0.1) is 23.7 Å². The number of aliphatic hydroxyl groups excluding tert-OH is 1. The molecule has 3 aliphatic rings. The van der Waals surface area contributed by atoms with Crippen LogP contribution in [0.15, 0.2) is 108 Å². The van der Waals surface area contributed by atoms with Crippen molar-refractivity contribution in [3.8, 4) is 0 Å². The van der Waals surface area contributed by atoms with Gasteiger partial charge in [-0.2, -0.15) is 0 Å². The van der Waals surface area contributed by atoms with Crippen molar-refractivity contribution in [3.63, 3.8) is 0 Å². The maximum Gasteiger partial charge on any atom is 0.261 e. The second kappa shape index (κ2) is 12.0. The molecule has 47 heavy (non-hydrogen) atoms. The van der Waals surface area contributed by atoms with E-state index in [0.29, 0.717) is 17.2 Å². The number of anilines is 1. The highest BCUT2D eigenvalue weighted by atomic mass is 28.4. The van der Waals surface area contributed by atoms with Gasteiger partial charge in [-0.1, -0.05) is 99.6 Å². The van der Waals surface area contributed by atoms with Crippen molar-refractivity contribution >= 4 is 36.2 Å². The van der Waals surface area contributed by atoms with Crippen LogP contribution in [-0.2, 0) is 25.4 Å². The van der Waals surface area contributed by atoms with Crippen LogP contribution in [0.5, 0.6) is 0 Å². The largest absolute Gasteiger partial charge is 0.461 e. The van der Waals surface area contributed by atoms with Crippen molar-refractivity contribution in [3.05, 3.63) is 115 Å². The number of nitrogens with zero attached hydrogens (tertiary/aromatic N) is 1. The maximum absolute atomic E-state index is 14.1. The topological polar surface area (TPSA) is 109 Å². The van der Waals surface area contributed by atoms with Crippen LogP contribution in [0.4, 0.5) is 5.69 Å². The first-order chi connectivity index (χ1) is 22.6. The fourth-order valence-corrected chi connectivity index (χ4v) is 12.9. The van der Waals surface area contributed by atoms with E-state index >= 15 is 0 Å². The number of aliphatic hydroxyl groups is 2. The highest BCUT2D eigenvalue weighted by molar-refractivity contribution is 6.99. The smallest absolute Gasteiger partial charge is 0.261 e. The van der Waals surface area contributed by atoms with Crippen LogP contribution in [0.3, 0.4) is 0 Å². The standard InChI is InChI=1S/C38H41NO7Si/c1-37(2,3)47(28-15-9-5-10-16-28,29-17-11-6-12-18-29)44-24-25-21-30-34(36(42)39(35(30)41)26-13-7-4-8-14-26)31-22-33(46-38(25,31)43)32-20-19-27(23-40)45-32/h4-20,25,30-31,33-34,40,43H,21-24H2,1-3H3/t25-,30+,31+,33+,34+,38-/m1/s1. The normalized spacial score (nSPS) is 27.6. The number of benzene rings is 3. The van der Waals surface area contributed by atoms with E-state index in [1.54, 1.807) is 36.4 Å². The molecule has 1 saturated carbocycles. The van der Waals surface area contributed by atoms with Crippen LogP contribution >= 0.6 is 0 Å². The number of carbonyl (C=O) groups excluding carboxylic acids is 2. The summed E-state index contributed by atoms with van der Waals surface area (Å²) in [6.07, 6.45) is -0.141. The average molecular weight is 652 g/mol. The summed E-state index contributed by atoms with van der Waals surface area (Å²) in [5.41, 5.74) is 0.523. The van der Waals surface area contributed by atoms with Crippen molar-refractivity contribution < 1.29 is 33.4 Å². The first kappa shape index (κ1) is 31.7. The summed E-state index contributed by atoms with van der Waals surface area (Å²) in [4.78, 5) is 29.5. The Balaban J connectivity index is 1.30. The minimum Gasteiger partial charge on any atom is -0.461 e. The van der Waals surface area contributed by atoms with E-state index in [-0.39, 0.29) is 42.9 Å². The molecule has 1 aliphatic carbocycles. The lowest BCUT2D eigenvalue weighted by Crippen LogP contribution is -2.67. The van der Waals surface area contributed by atoms with E-state index in [4.69, 9.17) is 13.6 Å². The van der Waals surface area contributed by atoms with Crippen LogP contribution in [-0.4, -0.2) is 42.7 Å². The van der Waals surface area contributed by atoms with Crippen LogP contribution in [0.1, 0.15) is 51.2 Å². The minimum atomic E-state index is -3.00. The summed E-state index contributed by atoms with van der Waals surface area (Å²) in [6.45, 7) is 6.45. The molecule has 0 radical (unpaired) electrons. The molecule has 6 atom stereocenters. The minimum absolute atomic E-state index is 0.128. The van der Waals surface area contributed by atoms with Crippen molar-refractivity contribution in [2.75, 3.05) is 11.5 Å². The van der Waals surface area contributed by atoms with Crippen LogP contribution < -0.4 is 15.3 Å². The van der Waals surface area contributed by atoms with Gasteiger partial charge in [-0.3, -0.25) is 14.5 Å². The summed E-state index contributed by atoms with van der Waals surface area (Å²) in [6, 6.07) is 33.0. The quantitative estimate of drug-likeness (QED) is 0.205. The number of rotatable bonds is 8. The summed E-state index contributed by atoms with van der Waals surface area (Å²) in [5.74, 6) is -4.15. The van der Waals surface area contributed by atoms with Gasteiger partial charge >= 0.3 is 0 Å². The van der Waals surface area contributed by atoms with Crippen LogP contribution in [0.25, 0.3) is 0 Å². The molecule has 8 nitrogen and oxygen atoms in total. The summed E-state index contributed by atoms with van der Waals surface area (Å²) >= 11 is 0. The molecular weight excluding hydrogens is 611 g/mol.